The minimum Gasteiger partial charge on any atom is -0.493 e. The van der Waals surface area contributed by atoms with E-state index in [2.05, 4.69) is 32.1 Å². The summed E-state index contributed by atoms with van der Waals surface area (Å²) in [4.78, 5) is 31.8. The number of anilines is 2. The first-order chi connectivity index (χ1) is 16.5. The van der Waals surface area contributed by atoms with Gasteiger partial charge in [0.05, 0.1) is 18.6 Å². The van der Waals surface area contributed by atoms with Gasteiger partial charge in [0.2, 0.25) is 5.75 Å². The van der Waals surface area contributed by atoms with E-state index in [4.69, 9.17) is 9.47 Å². The van der Waals surface area contributed by atoms with E-state index in [1.165, 1.54) is 43.0 Å². The molecule has 0 radical (unpaired) electrons. The summed E-state index contributed by atoms with van der Waals surface area (Å²) in [5.74, 6) is -2.08. The van der Waals surface area contributed by atoms with Gasteiger partial charge in [0.15, 0.2) is 16.7 Å². The molecule has 0 unspecified atom stereocenters. The first-order valence-electron chi connectivity index (χ1n) is 10.8. The zero-order chi connectivity index (χ0) is 24.1. The summed E-state index contributed by atoms with van der Waals surface area (Å²) in [6, 6.07) is 10.5. The van der Waals surface area contributed by atoms with Crippen molar-refractivity contribution < 1.29 is 28.2 Å². The van der Waals surface area contributed by atoms with Crippen molar-refractivity contribution in [2.45, 2.75) is 19.8 Å². The summed E-state index contributed by atoms with van der Waals surface area (Å²) in [6.45, 7) is 3.77. The van der Waals surface area contributed by atoms with E-state index in [1.54, 1.807) is 13.1 Å². The van der Waals surface area contributed by atoms with Crippen LogP contribution in [0.25, 0.3) is 10.4 Å². The molecule has 3 aromatic rings. The number of hydrogen-bond donors (Lipinski definition) is 1. The molecule has 1 aliphatic rings. The molecule has 10 heteroatoms. The summed E-state index contributed by atoms with van der Waals surface area (Å²) in [6.07, 6.45) is 3.02. The summed E-state index contributed by atoms with van der Waals surface area (Å²) in [5, 5.41) is 3.05. The Kier molecular flexibility index (Phi) is 7.27. The highest BCUT2D eigenvalue weighted by Gasteiger charge is 2.21. The zero-order valence-electron chi connectivity index (χ0n) is 18.8. The largest absolute Gasteiger partial charge is 0.514 e. The number of aromatic nitrogens is 1. The number of amides is 1. The zero-order valence-corrected chi connectivity index (χ0v) is 19.6. The highest BCUT2D eigenvalue weighted by Crippen LogP contribution is 2.34. The van der Waals surface area contributed by atoms with Gasteiger partial charge in [-0.3, -0.25) is 10.1 Å². The lowest BCUT2D eigenvalue weighted by Gasteiger charge is -2.18. The summed E-state index contributed by atoms with van der Waals surface area (Å²) in [7, 11) is 1.28. The fourth-order valence-electron chi connectivity index (χ4n) is 3.65. The van der Waals surface area contributed by atoms with E-state index in [0.717, 1.165) is 29.6 Å². The molecule has 0 spiro atoms. The molecule has 2 aromatic carbocycles. The van der Waals surface area contributed by atoms with Crippen LogP contribution < -0.4 is 19.7 Å². The molecule has 1 amide bonds. The van der Waals surface area contributed by atoms with Crippen LogP contribution in [0.4, 0.5) is 20.0 Å². The number of thiazole rings is 1. The molecule has 0 bridgehead atoms. The Balaban J connectivity index is 1.49. The van der Waals surface area contributed by atoms with Gasteiger partial charge in [-0.2, -0.15) is 0 Å². The van der Waals surface area contributed by atoms with E-state index < -0.39 is 23.6 Å². The van der Waals surface area contributed by atoms with Gasteiger partial charge in [0, 0.05) is 30.5 Å². The molecule has 0 saturated carbocycles. The molecule has 8 nitrogen and oxygen atoms in total. The summed E-state index contributed by atoms with van der Waals surface area (Å²) < 4.78 is 29.2. The molecule has 4 rings (SSSR count). The molecule has 0 aliphatic carbocycles. The first kappa shape index (κ1) is 23.5. The number of ether oxygens (including phenoxy) is 3. The number of methoxy groups -OCH3 is 1. The van der Waals surface area contributed by atoms with E-state index in [-0.39, 0.29) is 17.9 Å². The maximum absolute atomic E-state index is 14.6. The van der Waals surface area contributed by atoms with Crippen LogP contribution in [-0.2, 0) is 4.74 Å². The van der Waals surface area contributed by atoms with Crippen LogP contribution in [-0.4, -0.2) is 43.9 Å². The lowest BCUT2D eigenvalue weighted by molar-refractivity contribution is 0.101. The Hall–Kier alpha value is -3.66. The van der Waals surface area contributed by atoms with Crippen LogP contribution in [0.3, 0.4) is 0 Å². The predicted molar refractivity (Wildman–Crippen MR) is 128 cm³/mol. The smallest absolute Gasteiger partial charge is 0.493 e. The Morgan fingerprint density at radius 2 is 2.00 bits per heavy atom. The fourth-order valence-corrected chi connectivity index (χ4v) is 4.45. The molecule has 1 N–H and O–H groups in total. The number of carbonyl (C=O) groups is 2. The van der Waals surface area contributed by atoms with Crippen molar-refractivity contribution in [2.24, 2.45) is 0 Å². The number of rotatable bonds is 7. The van der Waals surface area contributed by atoms with E-state index in [9.17, 15) is 14.0 Å². The number of carbonyl (C=O) groups excluding carboxylic acids is 2. The Morgan fingerprint density at radius 3 is 2.74 bits per heavy atom. The molecule has 2 heterocycles. The van der Waals surface area contributed by atoms with Crippen LogP contribution in [0.2, 0.25) is 0 Å². The van der Waals surface area contributed by atoms with Crippen LogP contribution in [0.5, 0.6) is 11.5 Å². The van der Waals surface area contributed by atoms with Crippen LogP contribution in [0, 0.1) is 5.82 Å². The van der Waals surface area contributed by atoms with Crippen LogP contribution in [0.1, 0.15) is 30.1 Å². The van der Waals surface area contributed by atoms with Crippen molar-refractivity contribution in [2.75, 3.05) is 37.0 Å². The quantitative estimate of drug-likeness (QED) is 0.357. The average molecular weight is 486 g/mol. The fraction of sp³-hybridized carbons (Fsp3) is 0.292. The monoisotopic (exact) mass is 485 g/mol. The lowest BCUT2D eigenvalue weighted by Crippen LogP contribution is -2.17. The number of nitrogens with zero attached hydrogens (tertiary/aromatic N) is 2. The third-order valence-corrected chi connectivity index (χ3v) is 6.23. The number of hydrogen-bond acceptors (Lipinski definition) is 8. The second kappa shape index (κ2) is 10.5. The van der Waals surface area contributed by atoms with Crippen LogP contribution in [0.15, 0.2) is 42.6 Å². The third kappa shape index (κ3) is 5.28. The van der Waals surface area contributed by atoms with Gasteiger partial charge < -0.3 is 19.1 Å². The van der Waals surface area contributed by atoms with Crippen molar-refractivity contribution >= 4 is 34.2 Å². The van der Waals surface area contributed by atoms with E-state index in [1.807, 2.05) is 12.1 Å². The maximum atomic E-state index is 14.6. The first-order valence-corrected chi connectivity index (χ1v) is 11.6. The van der Waals surface area contributed by atoms with Gasteiger partial charge in [0.1, 0.15) is 0 Å². The van der Waals surface area contributed by atoms with Gasteiger partial charge in [0.25, 0.3) is 5.91 Å². The molecular weight excluding hydrogens is 461 g/mol. The summed E-state index contributed by atoms with van der Waals surface area (Å²) >= 11 is 1.32. The van der Waals surface area contributed by atoms with Gasteiger partial charge in [-0.25, -0.2) is 14.2 Å². The highest BCUT2D eigenvalue weighted by molar-refractivity contribution is 7.19. The number of halogens is 1. The predicted octanol–water partition coefficient (Wildman–Crippen LogP) is 5.35. The van der Waals surface area contributed by atoms with Crippen molar-refractivity contribution in [1.29, 1.82) is 0 Å². The van der Waals surface area contributed by atoms with Gasteiger partial charge >= 0.3 is 6.16 Å². The Bertz CT molecular complexity index is 1190. The second-order valence-electron chi connectivity index (χ2n) is 7.50. The lowest BCUT2D eigenvalue weighted by atomic mass is 10.1. The molecule has 1 fully saturated rings. The minimum absolute atomic E-state index is 0.0154. The third-order valence-electron chi connectivity index (χ3n) is 5.27. The molecule has 1 saturated heterocycles. The topological polar surface area (TPSA) is 90.0 Å². The normalized spacial score (nSPS) is 13.0. The molecule has 178 valence electrons. The molecule has 1 aromatic heterocycles. The standard InChI is InChI=1S/C24H24FN3O5S/c1-3-32-24(30)33-21-18(25)12-16(13-19(21)31-2)22(29)27-23-26-14-20(34-23)15-7-6-8-17(11-15)28-9-4-5-10-28/h6-8,11-14H,3-5,9-10H2,1-2H3,(H,26,27,29). The van der Waals surface area contributed by atoms with Gasteiger partial charge in [-0.15, -0.1) is 0 Å². The maximum Gasteiger partial charge on any atom is 0.514 e. The van der Waals surface area contributed by atoms with Gasteiger partial charge in [-0.1, -0.05) is 23.5 Å². The van der Waals surface area contributed by atoms with Crippen LogP contribution >= 0.6 is 11.3 Å². The minimum atomic E-state index is -1.07. The van der Waals surface area contributed by atoms with Gasteiger partial charge in [-0.05, 0) is 49.6 Å². The SMILES string of the molecule is CCOC(=O)Oc1c(F)cc(C(=O)Nc2ncc(-c3cccc(N4CCCC4)c3)s2)cc1OC. The average Bonchev–Trinajstić information content (AvgIpc) is 3.53. The highest BCUT2D eigenvalue weighted by atomic mass is 32.1. The van der Waals surface area contributed by atoms with Crippen molar-refractivity contribution in [3.05, 3.63) is 54.0 Å². The number of benzene rings is 2. The van der Waals surface area contributed by atoms with E-state index in [0.29, 0.717) is 5.13 Å². The van der Waals surface area contributed by atoms with E-state index >= 15 is 0 Å². The Labute approximate surface area is 200 Å². The molecular formula is C24H24FN3O5S. The van der Waals surface area contributed by atoms with Crippen molar-refractivity contribution in [3.63, 3.8) is 0 Å². The van der Waals surface area contributed by atoms with Crippen molar-refractivity contribution in [3.8, 4) is 21.9 Å². The summed E-state index contributed by atoms with van der Waals surface area (Å²) in [5.41, 5.74) is 2.16. The van der Waals surface area contributed by atoms with Crippen molar-refractivity contribution in [1.82, 2.24) is 4.98 Å². The number of nitrogens with one attached hydrogen (secondary N) is 1. The second-order valence-corrected chi connectivity index (χ2v) is 8.53. The molecule has 34 heavy (non-hydrogen) atoms. The Morgan fingerprint density at radius 1 is 1.21 bits per heavy atom. The molecule has 0 atom stereocenters. The molecule has 1 aliphatic heterocycles.